The number of rotatable bonds is 1. The van der Waals surface area contributed by atoms with Gasteiger partial charge in [-0.15, -0.1) is 0 Å². The van der Waals surface area contributed by atoms with Gasteiger partial charge in [0.1, 0.15) is 6.61 Å². The lowest BCUT2D eigenvalue weighted by molar-refractivity contribution is -0.137. The van der Waals surface area contributed by atoms with Gasteiger partial charge in [0.05, 0.1) is 11.3 Å². The van der Waals surface area contributed by atoms with Crippen molar-refractivity contribution in [3.63, 3.8) is 0 Å². The molecule has 0 spiro atoms. The van der Waals surface area contributed by atoms with Crippen molar-refractivity contribution in [2.24, 2.45) is 5.16 Å². The Bertz CT molecular complexity index is 381. The fourth-order valence-corrected chi connectivity index (χ4v) is 1.36. The number of hydrogen-bond acceptors (Lipinski definition) is 2. The highest BCUT2D eigenvalue weighted by atomic mass is 19.4. The molecule has 15 heavy (non-hydrogen) atoms. The fourth-order valence-electron chi connectivity index (χ4n) is 1.36. The van der Waals surface area contributed by atoms with Crippen LogP contribution in [-0.4, -0.2) is 12.3 Å². The summed E-state index contributed by atoms with van der Waals surface area (Å²) in [4.78, 5) is 4.77. The van der Waals surface area contributed by atoms with E-state index in [4.69, 9.17) is 4.84 Å². The van der Waals surface area contributed by atoms with Gasteiger partial charge in [-0.05, 0) is 17.7 Å². The molecule has 0 N–H and O–H groups in total. The molecule has 0 bridgehead atoms. The molecule has 0 atom stereocenters. The SMILES string of the molecule is FC(F)(F)c1ccc(C2=NOCC2)cc1. The first-order valence-electron chi connectivity index (χ1n) is 4.44. The molecule has 1 aromatic carbocycles. The summed E-state index contributed by atoms with van der Waals surface area (Å²) in [7, 11) is 0. The van der Waals surface area contributed by atoms with Gasteiger partial charge in [0.2, 0.25) is 0 Å². The molecule has 1 aliphatic rings. The van der Waals surface area contributed by atoms with Crippen molar-refractivity contribution in [3.8, 4) is 0 Å². The molecule has 1 aliphatic heterocycles. The van der Waals surface area contributed by atoms with Crippen LogP contribution in [0.1, 0.15) is 17.5 Å². The van der Waals surface area contributed by atoms with E-state index < -0.39 is 11.7 Å². The number of halogens is 3. The zero-order chi connectivity index (χ0) is 10.9. The minimum absolute atomic E-state index is 0.496. The second-order valence-electron chi connectivity index (χ2n) is 3.20. The summed E-state index contributed by atoms with van der Waals surface area (Å²) in [5, 5.41) is 3.73. The Morgan fingerprint density at radius 3 is 2.27 bits per heavy atom. The minimum Gasteiger partial charge on any atom is -0.395 e. The van der Waals surface area contributed by atoms with E-state index in [0.29, 0.717) is 24.3 Å². The lowest BCUT2D eigenvalue weighted by atomic mass is 10.1. The Hall–Kier alpha value is -1.52. The van der Waals surface area contributed by atoms with Crippen LogP contribution in [0.5, 0.6) is 0 Å². The van der Waals surface area contributed by atoms with Gasteiger partial charge >= 0.3 is 6.18 Å². The van der Waals surface area contributed by atoms with E-state index in [1.807, 2.05) is 0 Å². The molecule has 1 heterocycles. The van der Waals surface area contributed by atoms with Gasteiger partial charge in [-0.25, -0.2) is 0 Å². The third-order valence-corrected chi connectivity index (χ3v) is 2.15. The summed E-state index contributed by atoms with van der Waals surface area (Å²) >= 11 is 0. The molecular weight excluding hydrogens is 207 g/mol. The van der Waals surface area contributed by atoms with Crippen LogP contribution in [0.2, 0.25) is 0 Å². The lowest BCUT2D eigenvalue weighted by Gasteiger charge is -2.06. The van der Waals surface area contributed by atoms with Crippen LogP contribution >= 0.6 is 0 Å². The van der Waals surface area contributed by atoms with E-state index in [-0.39, 0.29) is 0 Å². The van der Waals surface area contributed by atoms with Crippen LogP contribution in [-0.2, 0) is 11.0 Å². The average molecular weight is 215 g/mol. The third kappa shape index (κ3) is 2.11. The average Bonchev–Trinajstić information content (AvgIpc) is 2.69. The molecule has 0 unspecified atom stereocenters. The number of nitrogens with zero attached hydrogens (tertiary/aromatic N) is 1. The van der Waals surface area contributed by atoms with Gasteiger partial charge in [0.15, 0.2) is 0 Å². The summed E-state index contributed by atoms with van der Waals surface area (Å²) in [5.41, 5.74) is 0.731. The highest BCUT2D eigenvalue weighted by molar-refractivity contribution is 6.00. The number of hydrogen-bond donors (Lipinski definition) is 0. The molecule has 0 aromatic heterocycles. The number of oxime groups is 1. The number of benzene rings is 1. The van der Waals surface area contributed by atoms with Crippen LogP contribution < -0.4 is 0 Å². The van der Waals surface area contributed by atoms with E-state index >= 15 is 0 Å². The topological polar surface area (TPSA) is 21.6 Å². The Balaban J connectivity index is 2.24. The van der Waals surface area contributed by atoms with Crippen LogP contribution in [0.25, 0.3) is 0 Å². The van der Waals surface area contributed by atoms with Gasteiger partial charge in [0.25, 0.3) is 0 Å². The maximum atomic E-state index is 12.2. The van der Waals surface area contributed by atoms with Crippen molar-refractivity contribution in [2.75, 3.05) is 6.61 Å². The van der Waals surface area contributed by atoms with Crippen LogP contribution in [0.3, 0.4) is 0 Å². The molecule has 0 fully saturated rings. The van der Waals surface area contributed by atoms with E-state index in [2.05, 4.69) is 5.16 Å². The van der Waals surface area contributed by atoms with Crippen molar-refractivity contribution in [2.45, 2.75) is 12.6 Å². The maximum absolute atomic E-state index is 12.2. The van der Waals surface area contributed by atoms with Crippen molar-refractivity contribution < 1.29 is 18.0 Å². The van der Waals surface area contributed by atoms with Gasteiger partial charge in [-0.3, -0.25) is 0 Å². The highest BCUT2D eigenvalue weighted by Crippen LogP contribution is 2.29. The molecule has 2 nitrogen and oxygen atoms in total. The number of alkyl halides is 3. The van der Waals surface area contributed by atoms with Gasteiger partial charge in [-0.2, -0.15) is 13.2 Å². The van der Waals surface area contributed by atoms with E-state index in [0.717, 1.165) is 12.1 Å². The fraction of sp³-hybridized carbons (Fsp3) is 0.300. The molecule has 0 saturated carbocycles. The standard InChI is InChI=1S/C10H8F3NO/c11-10(12,13)8-3-1-7(2-4-8)9-5-6-15-14-9/h1-4H,5-6H2. The van der Waals surface area contributed by atoms with Gasteiger partial charge in [-0.1, -0.05) is 17.3 Å². The van der Waals surface area contributed by atoms with Gasteiger partial charge < -0.3 is 4.84 Å². The third-order valence-electron chi connectivity index (χ3n) is 2.15. The molecule has 1 aromatic rings. The highest BCUT2D eigenvalue weighted by Gasteiger charge is 2.30. The second-order valence-corrected chi connectivity index (χ2v) is 3.20. The first kappa shape index (κ1) is 10.0. The van der Waals surface area contributed by atoms with Crippen molar-refractivity contribution in [1.29, 1.82) is 0 Å². The van der Waals surface area contributed by atoms with Gasteiger partial charge in [0, 0.05) is 6.42 Å². The summed E-state index contributed by atoms with van der Waals surface area (Å²) < 4.78 is 36.7. The zero-order valence-electron chi connectivity index (χ0n) is 7.71. The van der Waals surface area contributed by atoms with E-state index in [9.17, 15) is 13.2 Å². The zero-order valence-corrected chi connectivity index (χ0v) is 7.71. The first-order chi connectivity index (χ1) is 7.07. The Kier molecular flexibility index (Phi) is 2.38. The first-order valence-corrected chi connectivity index (χ1v) is 4.44. The lowest BCUT2D eigenvalue weighted by Crippen LogP contribution is -2.05. The molecule has 80 valence electrons. The van der Waals surface area contributed by atoms with Crippen LogP contribution in [0.15, 0.2) is 29.4 Å². The van der Waals surface area contributed by atoms with Crippen LogP contribution in [0.4, 0.5) is 13.2 Å². The predicted octanol–water partition coefficient (Wildman–Crippen LogP) is 2.83. The van der Waals surface area contributed by atoms with Crippen molar-refractivity contribution in [1.82, 2.24) is 0 Å². The van der Waals surface area contributed by atoms with E-state index in [1.165, 1.54) is 12.1 Å². The quantitative estimate of drug-likeness (QED) is 0.705. The summed E-state index contributed by atoms with van der Waals surface area (Å²) in [5.74, 6) is 0. The maximum Gasteiger partial charge on any atom is 0.416 e. The summed E-state index contributed by atoms with van der Waals surface area (Å²) in [6.45, 7) is 0.496. The largest absolute Gasteiger partial charge is 0.416 e. The normalized spacial score (nSPS) is 16.1. The van der Waals surface area contributed by atoms with Crippen LogP contribution in [0, 0.1) is 0 Å². The molecule has 5 heteroatoms. The molecule has 2 rings (SSSR count). The Morgan fingerprint density at radius 2 is 1.80 bits per heavy atom. The smallest absolute Gasteiger partial charge is 0.395 e. The molecule has 0 aliphatic carbocycles. The molecule has 0 saturated heterocycles. The van der Waals surface area contributed by atoms with Crippen molar-refractivity contribution in [3.05, 3.63) is 35.4 Å². The molecule has 0 radical (unpaired) electrons. The summed E-state index contributed by atoms with van der Waals surface area (Å²) in [6, 6.07) is 4.93. The minimum atomic E-state index is -4.29. The Morgan fingerprint density at radius 1 is 1.13 bits per heavy atom. The molecular formula is C10H8F3NO. The Labute approximate surface area is 84.3 Å². The monoisotopic (exact) mass is 215 g/mol. The summed E-state index contributed by atoms with van der Waals surface area (Å²) in [6.07, 6.45) is -3.64. The predicted molar refractivity (Wildman–Crippen MR) is 48.6 cm³/mol. The van der Waals surface area contributed by atoms with E-state index in [1.54, 1.807) is 0 Å². The molecule has 0 amide bonds. The second kappa shape index (κ2) is 3.56. The van der Waals surface area contributed by atoms with Crippen molar-refractivity contribution >= 4 is 5.71 Å².